The zero-order valence-electron chi connectivity index (χ0n) is 16.3. The number of nitrogens with zero attached hydrogens (tertiary/aromatic N) is 3. The summed E-state index contributed by atoms with van der Waals surface area (Å²) < 4.78 is 0. The van der Waals surface area contributed by atoms with Gasteiger partial charge in [-0.15, -0.1) is 0 Å². The Morgan fingerprint density at radius 3 is 2.63 bits per heavy atom. The van der Waals surface area contributed by atoms with Gasteiger partial charge in [-0.2, -0.15) is 0 Å². The Kier molecular flexibility index (Phi) is 7.66. The topological polar surface area (TPSA) is 60.9 Å². The third-order valence-electron chi connectivity index (χ3n) is 4.74. The molecule has 0 atom stereocenters. The maximum atomic E-state index is 12.7. The van der Waals surface area contributed by atoms with Crippen LogP contribution in [0.4, 0.5) is 5.69 Å². The number of carbonyl (C=O) groups excluding carboxylic acids is 3. The molecule has 0 unspecified atom stereocenters. The molecule has 2 rings (SSSR count). The van der Waals surface area contributed by atoms with Crippen LogP contribution >= 0.6 is 11.6 Å². The number of hydrogen-bond donors (Lipinski definition) is 0. The van der Waals surface area contributed by atoms with Crippen LogP contribution in [-0.4, -0.2) is 53.8 Å². The zero-order valence-corrected chi connectivity index (χ0v) is 17.1. The minimum absolute atomic E-state index is 0.000107. The largest absolute Gasteiger partial charge is 0.333 e. The van der Waals surface area contributed by atoms with Crippen LogP contribution < -0.4 is 4.90 Å². The Morgan fingerprint density at radius 2 is 1.96 bits per heavy atom. The summed E-state index contributed by atoms with van der Waals surface area (Å²) in [5.74, 6) is -0.350. The lowest BCUT2D eigenvalue weighted by molar-refractivity contribution is -0.140. The molecule has 0 N–H and O–H groups in total. The summed E-state index contributed by atoms with van der Waals surface area (Å²) in [5.41, 5.74) is 1.52. The first kappa shape index (κ1) is 21.2. The van der Waals surface area contributed by atoms with E-state index in [4.69, 9.17) is 11.6 Å². The Balaban J connectivity index is 2.05. The standard InChI is InChI=1S/C20H28ClN3O3/c1-4-6-10-18(25)22(11-5-2)12-19(26)23-13-20(27)24(14-23)17-9-7-8-16(21)15(17)3/h7-9H,4-6,10-14H2,1-3H3. The van der Waals surface area contributed by atoms with Gasteiger partial charge in [-0.3, -0.25) is 19.3 Å². The molecular weight excluding hydrogens is 366 g/mol. The average Bonchev–Trinajstić information content (AvgIpc) is 3.03. The van der Waals surface area contributed by atoms with Crippen molar-refractivity contribution < 1.29 is 14.4 Å². The molecule has 0 aliphatic carbocycles. The monoisotopic (exact) mass is 393 g/mol. The van der Waals surface area contributed by atoms with Gasteiger partial charge in [0, 0.05) is 23.7 Å². The number of halogens is 1. The first-order valence-corrected chi connectivity index (χ1v) is 9.87. The van der Waals surface area contributed by atoms with E-state index in [1.54, 1.807) is 21.9 Å². The van der Waals surface area contributed by atoms with Crippen molar-refractivity contribution in [2.24, 2.45) is 0 Å². The predicted octanol–water partition coefficient (Wildman–Crippen LogP) is 3.21. The molecule has 1 aliphatic rings. The molecule has 0 aromatic heterocycles. The third kappa shape index (κ3) is 5.22. The molecule has 0 saturated carbocycles. The van der Waals surface area contributed by atoms with Crippen molar-refractivity contribution in [3.8, 4) is 0 Å². The Labute approximate surface area is 166 Å². The molecule has 1 saturated heterocycles. The van der Waals surface area contributed by atoms with Crippen molar-refractivity contribution in [1.82, 2.24) is 9.80 Å². The first-order chi connectivity index (χ1) is 12.9. The normalized spacial score (nSPS) is 14.0. The predicted molar refractivity (Wildman–Crippen MR) is 107 cm³/mol. The summed E-state index contributed by atoms with van der Waals surface area (Å²) in [6, 6.07) is 5.39. The molecule has 6 nitrogen and oxygen atoms in total. The van der Waals surface area contributed by atoms with Crippen LogP contribution in [0.1, 0.15) is 45.1 Å². The van der Waals surface area contributed by atoms with E-state index in [9.17, 15) is 14.4 Å². The smallest absolute Gasteiger partial charge is 0.248 e. The number of anilines is 1. The van der Waals surface area contributed by atoms with Crippen molar-refractivity contribution in [3.05, 3.63) is 28.8 Å². The van der Waals surface area contributed by atoms with Crippen LogP contribution in [0, 0.1) is 6.92 Å². The van der Waals surface area contributed by atoms with E-state index < -0.39 is 0 Å². The van der Waals surface area contributed by atoms with E-state index in [1.807, 2.05) is 26.8 Å². The second kappa shape index (κ2) is 9.74. The summed E-state index contributed by atoms with van der Waals surface area (Å²) in [7, 11) is 0. The highest BCUT2D eigenvalue weighted by molar-refractivity contribution is 6.31. The van der Waals surface area contributed by atoms with E-state index in [0.717, 1.165) is 24.8 Å². The molecule has 1 aromatic carbocycles. The van der Waals surface area contributed by atoms with Crippen molar-refractivity contribution in [2.45, 2.75) is 46.5 Å². The molecule has 1 fully saturated rings. The number of amides is 3. The quantitative estimate of drug-likeness (QED) is 0.681. The fourth-order valence-electron chi connectivity index (χ4n) is 3.13. The van der Waals surface area contributed by atoms with E-state index in [0.29, 0.717) is 23.7 Å². The molecule has 7 heteroatoms. The lowest BCUT2D eigenvalue weighted by Crippen LogP contribution is -2.43. The molecular formula is C20H28ClN3O3. The Hall–Kier alpha value is -2.08. The van der Waals surface area contributed by atoms with Crippen LogP contribution in [-0.2, 0) is 14.4 Å². The SMILES string of the molecule is CCCCC(=O)N(CCC)CC(=O)N1CC(=O)N(c2cccc(Cl)c2C)C1. The molecule has 1 aliphatic heterocycles. The van der Waals surface area contributed by atoms with E-state index in [1.165, 1.54) is 4.90 Å². The van der Waals surface area contributed by atoms with Crippen molar-refractivity contribution in [3.63, 3.8) is 0 Å². The number of benzene rings is 1. The van der Waals surface area contributed by atoms with Gasteiger partial charge in [-0.05, 0) is 37.5 Å². The number of unbranched alkanes of at least 4 members (excludes halogenated alkanes) is 1. The molecule has 0 radical (unpaired) electrons. The highest BCUT2D eigenvalue weighted by Crippen LogP contribution is 2.28. The summed E-state index contributed by atoms with van der Waals surface area (Å²) in [4.78, 5) is 42.2. The van der Waals surface area contributed by atoms with Gasteiger partial charge in [0.15, 0.2) is 0 Å². The maximum Gasteiger partial charge on any atom is 0.248 e. The van der Waals surface area contributed by atoms with Gasteiger partial charge < -0.3 is 9.80 Å². The van der Waals surface area contributed by atoms with Crippen molar-refractivity contribution in [1.29, 1.82) is 0 Å². The first-order valence-electron chi connectivity index (χ1n) is 9.50. The van der Waals surface area contributed by atoms with Crippen LogP contribution in [0.15, 0.2) is 18.2 Å². The summed E-state index contributed by atoms with van der Waals surface area (Å²) in [6.07, 6.45) is 3.00. The van der Waals surface area contributed by atoms with Gasteiger partial charge in [0.05, 0.1) is 6.54 Å². The summed E-state index contributed by atoms with van der Waals surface area (Å²) in [6.45, 7) is 6.64. The van der Waals surface area contributed by atoms with Crippen LogP contribution in [0.3, 0.4) is 0 Å². The fourth-order valence-corrected chi connectivity index (χ4v) is 3.30. The van der Waals surface area contributed by atoms with Crippen LogP contribution in [0.5, 0.6) is 0 Å². The van der Waals surface area contributed by atoms with E-state index >= 15 is 0 Å². The summed E-state index contributed by atoms with van der Waals surface area (Å²) >= 11 is 6.16. The van der Waals surface area contributed by atoms with Crippen LogP contribution in [0.25, 0.3) is 0 Å². The lowest BCUT2D eigenvalue weighted by Gasteiger charge is -2.25. The second-order valence-corrected chi connectivity index (χ2v) is 7.26. The van der Waals surface area contributed by atoms with Crippen LogP contribution in [0.2, 0.25) is 5.02 Å². The summed E-state index contributed by atoms with van der Waals surface area (Å²) in [5, 5.41) is 0.584. The molecule has 3 amide bonds. The van der Waals surface area contributed by atoms with Crippen molar-refractivity contribution >= 4 is 35.0 Å². The number of rotatable bonds is 8. The minimum atomic E-state index is -0.205. The lowest BCUT2D eigenvalue weighted by atomic mass is 10.2. The molecule has 1 heterocycles. The molecule has 0 bridgehead atoms. The zero-order chi connectivity index (χ0) is 20.0. The van der Waals surface area contributed by atoms with Gasteiger partial charge in [-0.25, -0.2) is 0 Å². The average molecular weight is 394 g/mol. The van der Waals surface area contributed by atoms with Gasteiger partial charge in [0.25, 0.3) is 0 Å². The van der Waals surface area contributed by atoms with Crippen molar-refractivity contribution in [2.75, 3.05) is 31.2 Å². The fraction of sp³-hybridized carbons (Fsp3) is 0.550. The number of hydrogen-bond acceptors (Lipinski definition) is 3. The van der Waals surface area contributed by atoms with Gasteiger partial charge in [0.2, 0.25) is 17.7 Å². The Bertz CT molecular complexity index is 708. The van der Waals surface area contributed by atoms with Gasteiger partial charge in [0.1, 0.15) is 13.2 Å². The molecule has 1 aromatic rings. The highest BCUT2D eigenvalue weighted by atomic mass is 35.5. The second-order valence-electron chi connectivity index (χ2n) is 6.86. The molecule has 0 spiro atoms. The van der Waals surface area contributed by atoms with E-state index in [-0.39, 0.29) is 37.5 Å². The number of carbonyl (C=O) groups is 3. The Morgan fingerprint density at radius 1 is 1.22 bits per heavy atom. The van der Waals surface area contributed by atoms with Gasteiger partial charge in [-0.1, -0.05) is 37.9 Å². The van der Waals surface area contributed by atoms with Gasteiger partial charge >= 0.3 is 0 Å². The third-order valence-corrected chi connectivity index (χ3v) is 5.15. The van der Waals surface area contributed by atoms with E-state index in [2.05, 4.69) is 0 Å². The maximum absolute atomic E-state index is 12.7. The molecule has 27 heavy (non-hydrogen) atoms. The highest BCUT2D eigenvalue weighted by Gasteiger charge is 2.33. The molecule has 148 valence electrons. The minimum Gasteiger partial charge on any atom is -0.333 e.